The molecule has 0 saturated heterocycles. The molecule has 30 heavy (non-hydrogen) atoms. The van der Waals surface area contributed by atoms with Crippen LogP contribution in [0.2, 0.25) is 0 Å². The van der Waals surface area contributed by atoms with Crippen LogP contribution < -0.4 is 0 Å². The van der Waals surface area contributed by atoms with Gasteiger partial charge in [-0.25, -0.2) is 0 Å². The van der Waals surface area contributed by atoms with E-state index in [4.69, 9.17) is 0 Å². The van der Waals surface area contributed by atoms with Crippen molar-refractivity contribution in [1.82, 2.24) is 15.0 Å². The normalized spacial score (nSPS) is 31.6. The van der Waals surface area contributed by atoms with E-state index in [1.54, 1.807) is 0 Å². The Morgan fingerprint density at radius 3 is 2.83 bits per heavy atom. The van der Waals surface area contributed by atoms with E-state index < -0.39 is 5.60 Å². The van der Waals surface area contributed by atoms with Gasteiger partial charge in [0.05, 0.1) is 18.3 Å². The van der Waals surface area contributed by atoms with Crippen LogP contribution in [0.25, 0.3) is 11.3 Å². The van der Waals surface area contributed by atoms with Crippen LogP contribution in [0.4, 0.5) is 0 Å². The number of rotatable bonds is 3. The summed E-state index contributed by atoms with van der Waals surface area (Å²) >= 11 is 0. The van der Waals surface area contributed by atoms with Gasteiger partial charge in [0, 0.05) is 11.5 Å². The standard InChI is InChI=1S/C26H27N3O/c1-17-7-6-10-20-21-11-12-26(30)16-25(21,13-18(26)2)22(24(17)20)14-29-15-23(27-28-29)19-8-4-3-5-9-19/h3-10,15,21-22,30H,2,11-14,16H2,1H3/t21-,22+,25+,26+/m1/s1. The van der Waals surface area contributed by atoms with Gasteiger partial charge in [0.1, 0.15) is 5.69 Å². The highest BCUT2D eigenvalue weighted by Crippen LogP contribution is 2.71. The summed E-state index contributed by atoms with van der Waals surface area (Å²) in [5.41, 5.74) is 6.68. The summed E-state index contributed by atoms with van der Waals surface area (Å²) in [6.07, 6.45) is 5.67. The fourth-order valence-corrected chi connectivity index (χ4v) is 6.79. The van der Waals surface area contributed by atoms with Gasteiger partial charge in [0.15, 0.2) is 0 Å². The lowest BCUT2D eigenvalue weighted by atomic mass is 9.63. The van der Waals surface area contributed by atoms with Gasteiger partial charge in [0.2, 0.25) is 0 Å². The lowest BCUT2D eigenvalue weighted by Gasteiger charge is -2.42. The SMILES string of the molecule is C=C1C[C@]23C[C@@]1(O)CC[C@@H]2c1cccc(C)c1[C@@H]3Cn1cc(-c2ccccc2)nn1. The molecule has 3 aromatic rings. The molecule has 1 heterocycles. The van der Waals surface area contributed by atoms with Crippen LogP contribution in [0.15, 0.2) is 66.9 Å². The molecule has 4 heteroatoms. The van der Waals surface area contributed by atoms with E-state index in [0.717, 1.165) is 49.1 Å². The maximum Gasteiger partial charge on any atom is 0.113 e. The van der Waals surface area contributed by atoms with Crippen molar-refractivity contribution < 1.29 is 5.11 Å². The Labute approximate surface area is 177 Å². The number of hydrogen-bond donors (Lipinski definition) is 1. The molecule has 1 spiro atoms. The second kappa shape index (κ2) is 6.14. The molecule has 0 unspecified atom stereocenters. The summed E-state index contributed by atoms with van der Waals surface area (Å²) in [4.78, 5) is 0. The average Bonchev–Trinajstić information content (AvgIpc) is 3.36. The maximum absolute atomic E-state index is 11.3. The van der Waals surface area contributed by atoms with E-state index in [9.17, 15) is 5.11 Å². The fourth-order valence-electron chi connectivity index (χ4n) is 6.79. The lowest BCUT2D eigenvalue weighted by molar-refractivity contribution is 0.00371. The topological polar surface area (TPSA) is 50.9 Å². The third-order valence-electron chi connectivity index (χ3n) is 8.12. The van der Waals surface area contributed by atoms with Gasteiger partial charge in [-0.15, -0.1) is 5.10 Å². The minimum absolute atomic E-state index is 0.0391. The second-order valence-electron chi connectivity index (χ2n) is 9.64. The minimum atomic E-state index is -0.692. The second-order valence-corrected chi connectivity index (χ2v) is 9.64. The molecule has 2 saturated carbocycles. The van der Waals surface area contributed by atoms with Gasteiger partial charge in [-0.05, 0) is 66.2 Å². The van der Waals surface area contributed by atoms with E-state index in [1.165, 1.54) is 16.7 Å². The number of nitrogens with zero attached hydrogens (tertiary/aromatic N) is 3. The Kier molecular flexibility index (Phi) is 3.70. The Balaban J connectivity index is 1.43. The Hall–Kier alpha value is -2.72. The lowest BCUT2D eigenvalue weighted by Crippen LogP contribution is -2.39. The van der Waals surface area contributed by atoms with Gasteiger partial charge >= 0.3 is 0 Å². The number of benzene rings is 2. The molecule has 2 fully saturated rings. The molecule has 4 atom stereocenters. The van der Waals surface area contributed by atoms with Crippen molar-refractivity contribution in [2.24, 2.45) is 5.41 Å². The average molecular weight is 398 g/mol. The van der Waals surface area contributed by atoms with Crippen molar-refractivity contribution in [3.05, 3.63) is 83.6 Å². The van der Waals surface area contributed by atoms with Crippen LogP contribution in [0, 0.1) is 12.3 Å². The first-order valence-electron chi connectivity index (χ1n) is 11.0. The van der Waals surface area contributed by atoms with Gasteiger partial charge in [-0.3, -0.25) is 4.68 Å². The molecule has 152 valence electrons. The molecule has 4 nitrogen and oxygen atoms in total. The van der Waals surface area contributed by atoms with E-state index in [1.807, 2.05) is 22.9 Å². The van der Waals surface area contributed by atoms with Crippen LogP contribution in [-0.2, 0) is 6.54 Å². The number of hydrogen-bond acceptors (Lipinski definition) is 3. The molecule has 0 radical (unpaired) electrons. The highest BCUT2D eigenvalue weighted by Gasteiger charge is 2.64. The monoisotopic (exact) mass is 397 g/mol. The molecule has 2 aromatic carbocycles. The molecule has 3 aliphatic carbocycles. The molecule has 6 rings (SSSR count). The minimum Gasteiger partial charge on any atom is -0.386 e. The van der Waals surface area contributed by atoms with Crippen molar-refractivity contribution in [3.63, 3.8) is 0 Å². The summed E-state index contributed by atoms with van der Waals surface area (Å²) in [5.74, 6) is 0.809. The summed E-state index contributed by atoms with van der Waals surface area (Å²) < 4.78 is 2.01. The Morgan fingerprint density at radius 1 is 1.17 bits per heavy atom. The summed E-state index contributed by atoms with van der Waals surface area (Å²) in [6.45, 7) is 7.33. The largest absolute Gasteiger partial charge is 0.386 e. The third-order valence-corrected chi connectivity index (χ3v) is 8.12. The van der Waals surface area contributed by atoms with Crippen molar-refractivity contribution in [2.75, 3.05) is 0 Å². The number of aryl methyl sites for hydroxylation is 1. The quantitative estimate of drug-likeness (QED) is 0.633. The zero-order chi connectivity index (χ0) is 20.5. The van der Waals surface area contributed by atoms with E-state index in [2.05, 4.69) is 60.3 Å². The molecule has 2 bridgehead atoms. The summed E-state index contributed by atoms with van der Waals surface area (Å²) in [5, 5.41) is 20.2. The van der Waals surface area contributed by atoms with Crippen molar-refractivity contribution in [2.45, 2.75) is 56.6 Å². The highest BCUT2D eigenvalue weighted by molar-refractivity contribution is 5.57. The molecule has 0 aliphatic heterocycles. The molecular weight excluding hydrogens is 370 g/mol. The Morgan fingerprint density at radius 2 is 2.00 bits per heavy atom. The number of aromatic nitrogens is 3. The van der Waals surface area contributed by atoms with Gasteiger partial charge in [0.25, 0.3) is 0 Å². The maximum atomic E-state index is 11.3. The fraction of sp³-hybridized carbons (Fsp3) is 0.385. The third kappa shape index (κ3) is 2.37. The number of fused-ring (bicyclic) bond motifs is 3. The van der Waals surface area contributed by atoms with E-state index in [-0.39, 0.29) is 5.41 Å². The zero-order valence-electron chi connectivity index (χ0n) is 17.4. The van der Waals surface area contributed by atoms with Gasteiger partial charge < -0.3 is 5.11 Å². The van der Waals surface area contributed by atoms with Crippen LogP contribution in [0.5, 0.6) is 0 Å². The molecule has 0 amide bonds. The van der Waals surface area contributed by atoms with Crippen LogP contribution >= 0.6 is 0 Å². The van der Waals surface area contributed by atoms with Gasteiger partial charge in [-0.2, -0.15) is 0 Å². The first-order chi connectivity index (χ1) is 14.5. The van der Waals surface area contributed by atoms with Crippen molar-refractivity contribution in [3.8, 4) is 11.3 Å². The van der Waals surface area contributed by atoms with E-state index >= 15 is 0 Å². The highest BCUT2D eigenvalue weighted by atomic mass is 16.3. The smallest absolute Gasteiger partial charge is 0.113 e. The van der Waals surface area contributed by atoms with Crippen LogP contribution in [-0.4, -0.2) is 25.7 Å². The predicted octanol–water partition coefficient (Wildman–Crippen LogP) is 5.00. The molecule has 1 aromatic heterocycles. The first-order valence-corrected chi connectivity index (χ1v) is 11.0. The van der Waals surface area contributed by atoms with Gasteiger partial charge in [-0.1, -0.05) is 60.3 Å². The van der Waals surface area contributed by atoms with Crippen LogP contribution in [0.3, 0.4) is 0 Å². The van der Waals surface area contributed by atoms with Crippen molar-refractivity contribution >= 4 is 0 Å². The molecule has 3 aliphatic rings. The van der Waals surface area contributed by atoms with Crippen molar-refractivity contribution in [1.29, 1.82) is 0 Å². The zero-order valence-corrected chi connectivity index (χ0v) is 17.4. The molecule has 1 N–H and O–H groups in total. The first kappa shape index (κ1) is 18.1. The van der Waals surface area contributed by atoms with E-state index in [0.29, 0.717) is 11.8 Å². The Bertz CT molecular complexity index is 1150. The predicted molar refractivity (Wildman–Crippen MR) is 117 cm³/mol. The summed E-state index contributed by atoms with van der Waals surface area (Å²) in [7, 11) is 0. The summed E-state index contributed by atoms with van der Waals surface area (Å²) in [6, 6.07) is 17.0. The van der Waals surface area contributed by atoms with Crippen LogP contribution in [0.1, 0.15) is 54.2 Å². The number of aliphatic hydroxyl groups is 1. The molecular formula is C26H27N3O.